The number of Topliss-reactive ketones (excluding diaryl/α,β-unsaturated/α-hetero) is 3. The molecule has 8 rings (SSSR count). The Balaban J connectivity index is 1.32. The molecule has 0 aromatic heterocycles. The van der Waals surface area contributed by atoms with Crippen LogP contribution in [-0.4, -0.2) is 117 Å². The predicted octanol–water partition coefficient (Wildman–Crippen LogP) is 5.79. The average Bonchev–Trinajstić information content (AvgIpc) is 3.58. The molecule has 1 amide bonds. The monoisotopic (exact) mass is 903 g/mol. The zero-order valence-electron chi connectivity index (χ0n) is 38.7. The molecule has 1 fully saturated rings. The maximum Gasteiger partial charge on any atom is 0.312 e. The number of amides is 1. The number of methoxy groups -OCH3 is 1. The van der Waals surface area contributed by atoms with E-state index in [9.17, 15) is 34.8 Å². The highest BCUT2D eigenvalue weighted by Crippen LogP contribution is 2.49. The van der Waals surface area contributed by atoms with Crippen LogP contribution in [-0.2, 0) is 14.3 Å². The number of nitrogens with zero attached hydrogens (tertiary/aromatic N) is 2. The number of aliphatic hydroxyl groups excluding tert-OH is 3. The number of aromatic hydroxyl groups is 1. The molecule has 5 bridgehead atoms. The number of carbonyl (C=O) groups excluding carboxylic acids is 4. The lowest BCUT2D eigenvalue weighted by molar-refractivity contribution is -0.116. The Morgan fingerprint density at radius 3 is 1.92 bits per heavy atom. The van der Waals surface area contributed by atoms with Crippen LogP contribution in [0.2, 0.25) is 0 Å². The summed E-state index contributed by atoms with van der Waals surface area (Å²) < 4.78 is 17.9. The van der Waals surface area contributed by atoms with Gasteiger partial charge in [0.1, 0.15) is 22.9 Å². The van der Waals surface area contributed by atoms with Gasteiger partial charge in [-0.1, -0.05) is 107 Å². The SMILES string of the molecule is CO[C@H]1/C=C/O[C@@]2(C)Oc3c(C)c(O)c4c(c3C2=O)C(=O)C(N2CCN(C(c3ccccc3)c3ccccc3)CC2)=C(NC(=O)/C(C)=C\C=C\[C@H](C)[C@H](O)[C@@H](C)[C@H](O)[C@H](C)[C@H](O)[C@@H]1C)C4=O. The van der Waals surface area contributed by atoms with Crippen LogP contribution in [0.1, 0.15) is 95.3 Å². The van der Waals surface area contributed by atoms with Gasteiger partial charge in [-0.15, -0.1) is 0 Å². The molecular weight excluding hydrogens is 843 g/mol. The molecule has 350 valence electrons. The van der Waals surface area contributed by atoms with Gasteiger partial charge >= 0.3 is 5.79 Å². The largest absolute Gasteiger partial charge is 0.507 e. The molecule has 5 aliphatic rings. The molecule has 14 nitrogen and oxygen atoms in total. The summed E-state index contributed by atoms with van der Waals surface area (Å²) in [7, 11) is 1.44. The van der Waals surface area contributed by atoms with Gasteiger partial charge in [0.05, 0.1) is 53.4 Å². The standard InChI is InChI=1S/C52H61N3O11/c1-28-16-15-17-29(2)51(63)53-40-42(55-25-23-54(24-26-55)41(34-18-11-9-12-19-34)35-20-13-10-14-21-35)48(61)37-38(47(40)60)46(59)33(6)49-39(37)50(62)52(7,66-49)65-27-22-36(64-8)30(3)44(57)32(5)45(58)31(4)43(28)56/h9-22,27-28,30-32,36,41,43-45,56-59H,23-26H2,1-8H3,(H,53,63)/b16-15+,27-22+,29-17-/t28-,30+,31+,32+,36-,43-,44+,45-,52-/m0/s1. The summed E-state index contributed by atoms with van der Waals surface area (Å²) in [6, 6.07) is 20.0. The van der Waals surface area contributed by atoms with Gasteiger partial charge in [-0.2, -0.15) is 0 Å². The van der Waals surface area contributed by atoms with E-state index in [1.165, 1.54) is 46.3 Å². The molecule has 1 aliphatic carbocycles. The van der Waals surface area contributed by atoms with Gasteiger partial charge < -0.3 is 44.9 Å². The predicted molar refractivity (Wildman–Crippen MR) is 247 cm³/mol. The fraction of sp³-hybridized carbons (Fsp3) is 0.423. The van der Waals surface area contributed by atoms with Gasteiger partial charge in [0.15, 0.2) is 0 Å². The minimum Gasteiger partial charge on any atom is -0.507 e. The normalized spacial score (nSPS) is 31.0. The lowest BCUT2D eigenvalue weighted by atomic mass is 9.78. The number of hydrogen-bond acceptors (Lipinski definition) is 13. The zero-order chi connectivity index (χ0) is 47.8. The van der Waals surface area contributed by atoms with E-state index in [1.54, 1.807) is 44.7 Å². The lowest BCUT2D eigenvalue weighted by Gasteiger charge is -2.42. The number of nitrogens with one attached hydrogen (secondary N) is 1. The number of piperazine rings is 1. The number of benzene rings is 3. The number of aliphatic hydroxyl groups is 3. The van der Waals surface area contributed by atoms with Crippen LogP contribution in [0.3, 0.4) is 0 Å². The van der Waals surface area contributed by atoms with Gasteiger partial charge in [0.25, 0.3) is 11.7 Å². The summed E-state index contributed by atoms with van der Waals surface area (Å²) in [5.74, 6) is -8.39. The van der Waals surface area contributed by atoms with E-state index in [2.05, 4.69) is 34.5 Å². The highest BCUT2D eigenvalue weighted by Gasteiger charge is 2.53. The molecule has 14 heteroatoms. The number of allylic oxidation sites excluding steroid dienone is 4. The smallest absolute Gasteiger partial charge is 0.312 e. The first kappa shape index (κ1) is 48.0. The van der Waals surface area contributed by atoms with E-state index >= 15 is 4.79 Å². The number of hydrogen-bond donors (Lipinski definition) is 5. The topological polar surface area (TPSA) is 195 Å². The Morgan fingerprint density at radius 2 is 1.33 bits per heavy atom. The fourth-order valence-corrected chi connectivity index (χ4v) is 9.67. The van der Waals surface area contributed by atoms with Crippen molar-refractivity contribution in [2.75, 3.05) is 33.3 Å². The minimum atomic E-state index is -2.07. The average molecular weight is 904 g/mol. The highest BCUT2D eigenvalue weighted by molar-refractivity contribution is 6.32. The van der Waals surface area contributed by atoms with Gasteiger partial charge in [-0.05, 0) is 31.1 Å². The van der Waals surface area contributed by atoms with E-state index < -0.39 is 88.4 Å². The maximum atomic E-state index is 15.3. The van der Waals surface area contributed by atoms with Crippen molar-refractivity contribution in [3.63, 3.8) is 0 Å². The number of phenols is 1. The van der Waals surface area contributed by atoms with Gasteiger partial charge in [-0.3, -0.25) is 24.1 Å². The second kappa shape index (κ2) is 19.5. The highest BCUT2D eigenvalue weighted by atomic mass is 16.7. The molecule has 0 radical (unpaired) electrons. The summed E-state index contributed by atoms with van der Waals surface area (Å²) in [6.45, 7) is 12.6. The minimum absolute atomic E-state index is 0.0153. The van der Waals surface area contributed by atoms with Crippen molar-refractivity contribution in [2.45, 2.75) is 84.7 Å². The number of carbonyl (C=O) groups is 4. The molecule has 5 N–H and O–H groups in total. The van der Waals surface area contributed by atoms with Crippen LogP contribution in [0, 0.1) is 30.6 Å². The number of fused-ring (bicyclic) bond motifs is 14. The first-order chi connectivity index (χ1) is 31.4. The van der Waals surface area contributed by atoms with Gasteiger partial charge in [-0.25, -0.2) is 0 Å². The number of ether oxygens (including phenoxy) is 3. The molecule has 0 unspecified atom stereocenters. The quantitative estimate of drug-likeness (QED) is 0.207. The maximum absolute atomic E-state index is 15.3. The Hall–Kier alpha value is -5.90. The van der Waals surface area contributed by atoms with Gasteiger partial charge in [0, 0.05) is 75.0 Å². The van der Waals surface area contributed by atoms with Crippen LogP contribution in [0.15, 0.2) is 108 Å². The van der Waals surface area contributed by atoms with Crippen LogP contribution in [0.5, 0.6) is 11.5 Å². The molecule has 3 aromatic rings. The summed E-state index contributed by atoms with van der Waals surface area (Å²) in [6.07, 6.45) is 3.40. The zero-order valence-corrected chi connectivity index (χ0v) is 38.7. The van der Waals surface area contributed by atoms with Crippen molar-refractivity contribution in [3.8, 4) is 11.5 Å². The molecule has 4 aliphatic heterocycles. The summed E-state index contributed by atoms with van der Waals surface area (Å²) in [5.41, 5.74) is 0.832. The van der Waals surface area contributed by atoms with E-state index in [4.69, 9.17) is 14.2 Å². The van der Waals surface area contributed by atoms with Crippen LogP contribution in [0.25, 0.3) is 0 Å². The van der Waals surface area contributed by atoms with Crippen LogP contribution < -0.4 is 10.1 Å². The van der Waals surface area contributed by atoms with E-state index in [0.717, 1.165) is 11.1 Å². The Kier molecular flexibility index (Phi) is 14.2. The van der Waals surface area contributed by atoms with E-state index in [1.807, 2.05) is 36.4 Å². The first-order valence-corrected chi connectivity index (χ1v) is 22.6. The van der Waals surface area contributed by atoms with Crippen LogP contribution >= 0.6 is 0 Å². The Labute approximate surface area is 385 Å². The van der Waals surface area contributed by atoms with Crippen molar-refractivity contribution >= 4 is 23.3 Å². The molecular formula is C52H61N3O11. The molecule has 66 heavy (non-hydrogen) atoms. The third-order valence-corrected chi connectivity index (χ3v) is 13.9. The second-order valence-corrected chi connectivity index (χ2v) is 18.2. The third-order valence-electron chi connectivity index (χ3n) is 13.9. The number of ketones is 3. The second-order valence-electron chi connectivity index (χ2n) is 18.2. The Morgan fingerprint density at radius 1 is 0.758 bits per heavy atom. The number of phenolic OH excluding ortho intramolecular Hbond substituents is 1. The summed E-state index contributed by atoms with van der Waals surface area (Å²) in [4.78, 5) is 62.9. The summed E-state index contributed by atoms with van der Waals surface area (Å²) >= 11 is 0. The van der Waals surface area contributed by atoms with Crippen molar-refractivity contribution in [3.05, 3.63) is 142 Å². The molecule has 4 heterocycles. The first-order valence-electron chi connectivity index (χ1n) is 22.6. The number of rotatable bonds is 5. The lowest BCUT2D eigenvalue weighted by Crippen LogP contribution is -2.50. The molecule has 0 saturated carbocycles. The Bertz CT molecular complexity index is 2440. The molecule has 9 atom stereocenters. The summed E-state index contributed by atoms with van der Waals surface area (Å²) in [5, 5.41) is 48.6. The van der Waals surface area contributed by atoms with E-state index in [-0.39, 0.29) is 58.5 Å². The molecule has 0 spiro atoms. The van der Waals surface area contributed by atoms with Crippen molar-refractivity contribution in [2.24, 2.45) is 23.7 Å². The van der Waals surface area contributed by atoms with Crippen molar-refractivity contribution < 1.29 is 53.8 Å². The molecule has 3 aromatic carbocycles. The van der Waals surface area contributed by atoms with Gasteiger partial charge in [0.2, 0.25) is 11.6 Å². The van der Waals surface area contributed by atoms with E-state index in [0.29, 0.717) is 13.1 Å². The van der Waals surface area contributed by atoms with Crippen LogP contribution in [0.4, 0.5) is 0 Å². The molecule has 1 saturated heterocycles. The van der Waals surface area contributed by atoms with Crippen molar-refractivity contribution in [1.29, 1.82) is 0 Å². The fourth-order valence-electron chi connectivity index (χ4n) is 9.67. The third kappa shape index (κ3) is 8.87. The van der Waals surface area contributed by atoms with Crippen molar-refractivity contribution in [1.82, 2.24) is 15.1 Å².